The first-order valence-electron chi connectivity index (χ1n) is 3.77. The number of carbonyl (C=O) groups excluding carboxylic acids is 1. The van der Waals surface area contributed by atoms with Gasteiger partial charge in [0.05, 0.1) is 10.2 Å². The average molecular weight is 193 g/mol. The maximum Gasteiger partial charge on any atom is 0.307 e. The number of aromatic nitrogens is 1. The Bertz CT molecular complexity index is 524. The maximum atomic E-state index is 11.2. The summed E-state index contributed by atoms with van der Waals surface area (Å²) in [6.07, 6.45) is 0.781. The lowest BCUT2D eigenvalue weighted by Crippen LogP contribution is -2.06. The molecule has 0 aliphatic carbocycles. The highest BCUT2D eigenvalue weighted by molar-refractivity contribution is 7.16. The van der Waals surface area contributed by atoms with Gasteiger partial charge in [0, 0.05) is 12.6 Å². The van der Waals surface area contributed by atoms with Crippen molar-refractivity contribution in [2.75, 3.05) is 0 Å². The van der Waals surface area contributed by atoms with Crippen molar-refractivity contribution >= 4 is 27.8 Å². The molecule has 4 heteroatoms. The molecule has 3 nitrogen and oxygen atoms in total. The topological polar surface area (TPSA) is 39.1 Å². The summed E-state index contributed by atoms with van der Waals surface area (Å²) in [5.41, 5.74) is 1.48. The van der Waals surface area contributed by atoms with Crippen molar-refractivity contribution in [2.45, 2.75) is 0 Å². The molecule has 0 N–H and O–H groups in total. The monoisotopic (exact) mass is 193 g/mol. The molecule has 0 aliphatic rings. The third-order valence-electron chi connectivity index (χ3n) is 1.95. The zero-order chi connectivity index (χ0) is 9.42. The Morgan fingerprint density at radius 1 is 1.46 bits per heavy atom. The molecule has 0 saturated carbocycles. The number of hydrogen-bond acceptors (Lipinski definition) is 3. The van der Waals surface area contributed by atoms with Crippen LogP contribution in [0, 0.1) is 0 Å². The van der Waals surface area contributed by atoms with Crippen molar-refractivity contribution in [1.82, 2.24) is 4.57 Å². The van der Waals surface area contributed by atoms with E-state index in [0.717, 1.165) is 27.8 Å². The summed E-state index contributed by atoms with van der Waals surface area (Å²) in [6.45, 7) is 0. The van der Waals surface area contributed by atoms with Gasteiger partial charge in [-0.2, -0.15) is 0 Å². The van der Waals surface area contributed by atoms with Gasteiger partial charge in [0.15, 0.2) is 0 Å². The van der Waals surface area contributed by atoms with Crippen LogP contribution in [0.25, 0.3) is 10.2 Å². The van der Waals surface area contributed by atoms with E-state index in [-0.39, 0.29) is 4.87 Å². The largest absolute Gasteiger partial charge is 0.307 e. The lowest BCUT2D eigenvalue weighted by Gasteiger charge is -1.93. The van der Waals surface area contributed by atoms with Crippen LogP contribution in [0.5, 0.6) is 0 Å². The Balaban J connectivity index is 2.87. The third kappa shape index (κ3) is 1.19. The van der Waals surface area contributed by atoms with E-state index in [2.05, 4.69) is 0 Å². The van der Waals surface area contributed by atoms with Gasteiger partial charge in [-0.25, -0.2) is 0 Å². The second kappa shape index (κ2) is 2.81. The molecule has 0 unspecified atom stereocenters. The zero-order valence-corrected chi connectivity index (χ0v) is 7.80. The van der Waals surface area contributed by atoms with Crippen LogP contribution in [-0.4, -0.2) is 10.9 Å². The van der Waals surface area contributed by atoms with Crippen molar-refractivity contribution in [3.8, 4) is 0 Å². The molecule has 0 radical (unpaired) electrons. The fourth-order valence-electron chi connectivity index (χ4n) is 1.22. The summed E-state index contributed by atoms with van der Waals surface area (Å²) in [4.78, 5) is 21.7. The van der Waals surface area contributed by atoms with Crippen molar-refractivity contribution in [2.24, 2.45) is 7.05 Å². The van der Waals surface area contributed by atoms with Gasteiger partial charge in [-0.05, 0) is 18.2 Å². The molecule has 0 spiro atoms. The number of aldehydes is 1. The molecule has 0 bridgehead atoms. The summed E-state index contributed by atoms with van der Waals surface area (Å²) < 4.78 is 2.44. The fraction of sp³-hybridized carbons (Fsp3) is 0.111. The van der Waals surface area contributed by atoms with Crippen LogP contribution in [0.2, 0.25) is 0 Å². The van der Waals surface area contributed by atoms with Crippen LogP contribution in [-0.2, 0) is 7.05 Å². The van der Waals surface area contributed by atoms with E-state index in [1.165, 1.54) is 0 Å². The Morgan fingerprint density at radius 2 is 2.23 bits per heavy atom. The van der Waals surface area contributed by atoms with Crippen molar-refractivity contribution in [1.29, 1.82) is 0 Å². The minimum atomic E-state index is -0.00181. The van der Waals surface area contributed by atoms with Crippen molar-refractivity contribution in [3.05, 3.63) is 33.4 Å². The number of rotatable bonds is 1. The lowest BCUT2D eigenvalue weighted by atomic mass is 10.2. The Hall–Kier alpha value is -1.42. The van der Waals surface area contributed by atoms with E-state index < -0.39 is 0 Å². The number of fused-ring (bicyclic) bond motifs is 1. The molecule has 0 fully saturated rings. The number of thiazole rings is 1. The summed E-state index contributed by atoms with van der Waals surface area (Å²) >= 11 is 1.16. The summed E-state index contributed by atoms with van der Waals surface area (Å²) in [5, 5.41) is 0. The van der Waals surface area contributed by atoms with E-state index >= 15 is 0 Å². The first kappa shape index (κ1) is 8.19. The minimum absolute atomic E-state index is 0.00181. The van der Waals surface area contributed by atoms with Gasteiger partial charge in [0.2, 0.25) is 0 Å². The Kier molecular flexibility index (Phi) is 1.77. The lowest BCUT2D eigenvalue weighted by molar-refractivity contribution is 0.112. The van der Waals surface area contributed by atoms with Crippen molar-refractivity contribution < 1.29 is 4.79 Å². The molecule has 0 saturated heterocycles. The normalized spacial score (nSPS) is 10.5. The number of nitrogens with zero attached hydrogens (tertiary/aromatic N) is 1. The van der Waals surface area contributed by atoms with Crippen LogP contribution >= 0.6 is 11.3 Å². The highest BCUT2D eigenvalue weighted by atomic mass is 32.1. The molecule has 2 rings (SSSR count). The fourth-order valence-corrected chi connectivity index (χ4v) is 2.15. The Morgan fingerprint density at radius 3 is 2.92 bits per heavy atom. The van der Waals surface area contributed by atoms with E-state index in [1.807, 2.05) is 0 Å². The first-order valence-corrected chi connectivity index (χ1v) is 4.59. The number of benzene rings is 1. The number of carbonyl (C=O) groups is 1. The van der Waals surface area contributed by atoms with E-state index in [1.54, 1.807) is 29.8 Å². The maximum absolute atomic E-state index is 11.2. The predicted octanol–water partition coefficient (Wildman–Crippen LogP) is 1.41. The van der Waals surface area contributed by atoms with Gasteiger partial charge in [0.25, 0.3) is 0 Å². The van der Waals surface area contributed by atoms with Gasteiger partial charge in [-0.1, -0.05) is 11.3 Å². The predicted molar refractivity (Wildman–Crippen MR) is 52.5 cm³/mol. The molecule has 13 heavy (non-hydrogen) atoms. The highest BCUT2D eigenvalue weighted by Crippen LogP contribution is 2.16. The van der Waals surface area contributed by atoms with Gasteiger partial charge in [0.1, 0.15) is 6.29 Å². The third-order valence-corrected chi connectivity index (χ3v) is 2.95. The van der Waals surface area contributed by atoms with Crippen LogP contribution < -0.4 is 4.87 Å². The van der Waals surface area contributed by atoms with Crippen LogP contribution in [0.15, 0.2) is 23.0 Å². The van der Waals surface area contributed by atoms with Crippen molar-refractivity contribution in [3.63, 3.8) is 0 Å². The van der Waals surface area contributed by atoms with Gasteiger partial charge in [-0.15, -0.1) is 0 Å². The molecule has 0 aliphatic heterocycles. The van der Waals surface area contributed by atoms with Gasteiger partial charge in [-0.3, -0.25) is 9.59 Å². The molecule has 0 amide bonds. The Labute approximate surface area is 78.2 Å². The molecule has 2 aromatic rings. The first-order chi connectivity index (χ1) is 6.22. The summed E-state index contributed by atoms with van der Waals surface area (Å²) in [7, 11) is 1.72. The van der Waals surface area contributed by atoms with Crippen LogP contribution in [0.1, 0.15) is 10.4 Å². The number of aryl methyl sites for hydroxylation is 1. The molecular weight excluding hydrogens is 186 g/mol. The highest BCUT2D eigenvalue weighted by Gasteiger charge is 2.03. The molecule has 66 valence electrons. The second-order valence-electron chi connectivity index (χ2n) is 2.77. The van der Waals surface area contributed by atoms with E-state index in [9.17, 15) is 9.59 Å². The summed E-state index contributed by atoms with van der Waals surface area (Å²) in [6, 6.07) is 5.23. The summed E-state index contributed by atoms with van der Waals surface area (Å²) in [5.74, 6) is 0. The van der Waals surface area contributed by atoms with E-state index in [0.29, 0.717) is 5.56 Å². The van der Waals surface area contributed by atoms with E-state index in [4.69, 9.17) is 0 Å². The van der Waals surface area contributed by atoms with Crippen LogP contribution in [0.3, 0.4) is 0 Å². The minimum Gasteiger partial charge on any atom is -0.302 e. The molecule has 1 heterocycles. The number of hydrogen-bond donors (Lipinski definition) is 0. The SMILES string of the molecule is Cn1c(=O)sc2cc(C=O)ccc21. The smallest absolute Gasteiger partial charge is 0.302 e. The quantitative estimate of drug-likeness (QED) is 0.642. The molecule has 1 aromatic heterocycles. The average Bonchev–Trinajstić information content (AvgIpc) is 2.42. The molecule has 1 aromatic carbocycles. The zero-order valence-electron chi connectivity index (χ0n) is 6.98. The second-order valence-corrected chi connectivity index (χ2v) is 3.77. The molecule has 0 atom stereocenters. The van der Waals surface area contributed by atoms with Crippen LogP contribution in [0.4, 0.5) is 0 Å². The van der Waals surface area contributed by atoms with Gasteiger partial charge >= 0.3 is 4.87 Å². The molecular formula is C9H7NO2S. The standard InChI is InChI=1S/C9H7NO2S/c1-10-7-3-2-6(5-11)4-8(7)13-9(10)12/h2-5H,1H3. The van der Waals surface area contributed by atoms with Gasteiger partial charge < -0.3 is 4.57 Å².